The zero-order valence-electron chi connectivity index (χ0n) is 10.9. The molecule has 0 saturated carbocycles. The van der Waals surface area contributed by atoms with Gasteiger partial charge in [0.05, 0.1) is 6.61 Å². The summed E-state index contributed by atoms with van der Waals surface area (Å²) < 4.78 is 31.6. The maximum absolute atomic E-state index is 13.3. The summed E-state index contributed by atoms with van der Waals surface area (Å²) in [6.07, 6.45) is 0. The Bertz CT molecular complexity index is 341. The molecule has 102 valence electrons. The summed E-state index contributed by atoms with van der Waals surface area (Å²) in [5.41, 5.74) is 0.0945. The van der Waals surface area contributed by atoms with Crippen molar-refractivity contribution in [1.82, 2.24) is 10.2 Å². The van der Waals surface area contributed by atoms with Crippen LogP contribution in [0.2, 0.25) is 0 Å². The lowest BCUT2D eigenvalue weighted by Crippen LogP contribution is -2.31. The minimum atomic E-state index is -0.504. The van der Waals surface area contributed by atoms with Gasteiger partial charge in [0.1, 0.15) is 11.6 Å². The highest BCUT2D eigenvalue weighted by Crippen LogP contribution is 2.11. The van der Waals surface area contributed by atoms with E-state index in [-0.39, 0.29) is 12.1 Å². The fourth-order valence-electron chi connectivity index (χ4n) is 1.54. The zero-order valence-corrected chi connectivity index (χ0v) is 10.9. The average Bonchev–Trinajstić information content (AvgIpc) is 2.35. The van der Waals surface area contributed by atoms with Gasteiger partial charge in [-0.1, -0.05) is 6.07 Å². The highest BCUT2D eigenvalue weighted by atomic mass is 19.1. The standard InChI is InChI=1S/C13H20F2N2O/c1-17(8-9-18-2)7-6-16-10-11-12(14)4-3-5-13(11)15/h3-5,16H,6-10H2,1-2H3. The molecule has 1 N–H and O–H groups in total. The van der Waals surface area contributed by atoms with E-state index in [1.165, 1.54) is 18.2 Å². The number of benzene rings is 1. The lowest BCUT2D eigenvalue weighted by molar-refractivity contribution is 0.161. The quantitative estimate of drug-likeness (QED) is 0.717. The van der Waals surface area contributed by atoms with Gasteiger partial charge in [-0.25, -0.2) is 8.78 Å². The lowest BCUT2D eigenvalue weighted by Gasteiger charge is -2.16. The van der Waals surface area contributed by atoms with Crippen LogP contribution in [-0.2, 0) is 11.3 Å². The van der Waals surface area contributed by atoms with Crippen molar-refractivity contribution in [3.63, 3.8) is 0 Å². The largest absolute Gasteiger partial charge is 0.383 e. The van der Waals surface area contributed by atoms with Crippen LogP contribution in [0.15, 0.2) is 18.2 Å². The molecular weight excluding hydrogens is 238 g/mol. The number of methoxy groups -OCH3 is 1. The second kappa shape index (κ2) is 8.13. The Balaban J connectivity index is 2.25. The second-order valence-corrected chi connectivity index (χ2v) is 4.17. The summed E-state index contributed by atoms with van der Waals surface area (Å²) in [7, 11) is 3.64. The summed E-state index contributed by atoms with van der Waals surface area (Å²) in [5, 5.41) is 3.03. The Morgan fingerprint density at radius 3 is 2.50 bits per heavy atom. The van der Waals surface area contributed by atoms with E-state index in [2.05, 4.69) is 10.2 Å². The number of ether oxygens (including phenoxy) is 1. The van der Waals surface area contributed by atoms with Crippen LogP contribution in [0, 0.1) is 11.6 Å². The maximum Gasteiger partial charge on any atom is 0.130 e. The SMILES string of the molecule is COCCN(C)CCNCc1c(F)cccc1F. The Hall–Kier alpha value is -1.04. The number of nitrogens with zero attached hydrogens (tertiary/aromatic N) is 1. The first-order valence-corrected chi connectivity index (χ1v) is 5.96. The van der Waals surface area contributed by atoms with Gasteiger partial charge in [-0.3, -0.25) is 0 Å². The van der Waals surface area contributed by atoms with Crippen molar-refractivity contribution in [1.29, 1.82) is 0 Å². The molecule has 0 aliphatic heterocycles. The summed E-state index contributed by atoms with van der Waals surface area (Å²) in [6, 6.07) is 3.91. The predicted octanol–water partition coefficient (Wildman–Crippen LogP) is 1.63. The van der Waals surface area contributed by atoms with Gasteiger partial charge in [-0.15, -0.1) is 0 Å². The number of nitrogens with one attached hydrogen (secondary N) is 1. The Kier molecular flexibility index (Phi) is 6.78. The minimum absolute atomic E-state index is 0.0945. The molecule has 0 bridgehead atoms. The van der Waals surface area contributed by atoms with Crippen LogP contribution in [0.4, 0.5) is 8.78 Å². The van der Waals surface area contributed by atoms with Crippen LogP contribution in [0.25, 0.3) is 0 Å². The van der Waals surface area contributed by atoms with Crippen LogP contribution < -0.4 is 5.32 Å². The van der Waals surface area contributed by atoms with Crippen molar-refractivity contribution in [2.24, 2.45) is 0 Å². The summed E-state index contributed by atoms with van der Waals surface area (Å²) in [4.78, 5) is 2.09. The summed E-state index contributed by atoms with van der Waals surface area (Å²) >= 11 is 0. The highest BCUT2D eigenvalue weighted by molar-refractivity contribution is 5.19. The van der Waals surface area contributed by atoms with E-state index in [9.17, 15) is 8.78 Å². The first-order chi connectivity index (χ1) is 8.65. The van der Waals surface area contributed by atoms with E-state index in [4.69, 9.17) is 4.74 Å². The smallest absolute Gasteiger partial charge is 0.130 e. The van der Waals surface area contributed by atoms with E-state index in [1.807, 2.05) is 7.05 Å². The molecule has 0 aliphatic rings. The van der Waals surface area contributed by atoms with Crippen LogP contribution in [0.1, 0.15) is 5.56 Å². The monoisotopic (exact) mass is 258 g/mol. The van der Waals surface area contributed by atoms with E-state index >= 15 is 0 Å². The maximum atomic E-state index is 13.3. The van der Waals surface area contributed by atoms with E-state index in [1.54, 1.807) is 7.11 Å². The van der Waals surface area contributed by atoms with E-state index in [0.717, 1.165) is 13.1 Å². The number of rotatable bonds is 8. The van der Waals surface area contributed by atoms with Crippen LogP contribution in [0.3, 0.4) is 0 Å². The Morgan fingerprint density at radius 1 is 1.22 bits per heavy atom. The van der Waals surface area contributed by atoms with Crippen molar-refractivity contribution < 1.29 is 13.5 Å². The third-order valence-electron chi connectivity index (χ3n) is 2.71. The molecule has 1 aromatic rings. The first kappa shape index (κ1) is 15.0. The molecule has 1 rings (SSSR count). The first-order valence-electron chi connectivity index (χ1n) is 5.96. The minimum Gasteiger partial charge on any atom is -0.383 e. The van der Waals surface area contributed by atoms with Crippen molar-refractivity contribution in [2.75, 3.05) is 40.4 Å². The topological polar surface area (TPSA) is 24.5 Å². The molecule has 0 atom stereocenters. The molecule has 0 amide bonds. The van der Waals surface area contributed by atoms with E-state index in [0.29, 0.717) is 13.2 Å². The second-order valence-electron chi connectivity index (χ2n) is 4.17. The molecule has 0 radical (unpaired) electrons. The van der Waals surface area contributed by atoms with Crippen molar-refractivity contribution in [3.8, 4) is 0 Å². The molecule has 18 heavy (non-hydrogen) atoms. The van der Waals surface area contributed by atoms with Crippen molar-refractivity contribution >= 4 is 0 Å². The number of likely N-dealkylation sites (N-methyl/N-ethyl adjacent to an activating group) is 1. The van der Waals surface area contributed by atoms with Crippen LogP contribution >= 0.6 is 0 Å². The van der Waals surface area contributed by atoms with Gasteiger partial charge >= 0.3 is 0 Å². The molecule has 0 aliphatic carbocycles. The highest BCUT2D eigenvalue weighted by Gasteiger charge is 2.07. The molecular formula is C13H20F2N2O. The fourth-order valence-corrected chi connectivity index (χ4v) is 1.54. The Morgan fingerprint density at radius 2 is 1.89 bits per heavy atom. The molecule has 0 aromatic heterocycles. The van der Waals surface area contributed by atoms with E-state index < -0.39 is 11.6 Å². The third-order valence-corrected chi connectivity index (χ3v) is 2.71. The predicted molar refractivity (Wildman–Crippen MR) is 67.4 cm³/mol. The number of hydrogen-bond acceptors (Lipinski definition) is 3. The molecule has 0 heterocycles. The molecule has 0 fully saturated rings. The van der Waals surface area contributed by atoms with Gasteiger partial charge in [-0.2, -0.15) is 0 Å². The molecule has 3 nitrogen and oxygen atoms in total. The van der Waals surface area contributed by atoms with Gasteiger partial charge in [0.15, 0.2) is 0 Å². The van der Waals surface area contributed by atoms with Crippen molar-refractivity contribution in [2.45, 2.75) is 6.54 Å². The average molecular weight is 258 g/mol. The molecule has 0 unspecified atom stereocenters. The third kappa shape index (κ3) is 5.08. The van der Waals surface area contributed by atoms with Gasteiger partial charge in [0.2, 0.25) is 0 Å². The zero-order chi connectivity index (χ0) is 13.4. The van der Waals surface area contributed by atoms with Crippen LogP contribution in [-0.4, -0.2) is 45.3 Å². The fraction of sp³-hybridized carbons (Fsp3) is 0.538. The van der Waals surface area contributed by atoms with Gasteiger partial charge in [0, 0.05) is 38.9 Å². The lowest BCUT2D eigenvalue weighted by atomic mass is 10.2. The Labute approximate surface area is 107 Å². The summed E-state index contributed by atoms with van der Waals surface area (Å²) in [5.74, 6) is -1.01. The van der Waals surface area contributed by atoms with Crippen LogP contribution in [0.5, 0.6) is 0 Å². The van der Waals surface area contributed by atoms with Gasteiger partial charge < -0.3 is 15.0 Å². The van der Waals surface area contributed by atoms with Crippen molar-refractivity contribution in [3.05, 3.63) is 35.4 Å². The number of halogens is 2. The van der Waals surface area contributed by atoms with Gasteiger partial charge in [-0.05, 0) is 19.2 Å². The molecule has 5 heteroatoms. The normalized spacial score (nSPS) is 11.2. The molecule has 0 saturated heterocycles. The molecule has 1 aromatic carbocycles. The van der Waals surface area contributed by atoms with Gasteiger partial charge in [0.25, 0.3) is 0 Å². The molecule has 0 spiro atoms. The number of hydrogen-bond donors (Lipinski definition) is 1. The summed E-state index contributed by atoms with van der Waals surface area (Å²) in [6.45, 7) is 3.20.